The predicted molar refractivity (Wildman–Crippen MR) is 167 cm³/mol. The maximum Gasteiger partial charge on any atom is 0.231 e. The van der Waals surface area contributed by atoms with Crippen LogP contribution in [-0.4, -0.2) is 28.1 Å². The number of amides is 1. The van der Waals surface area contributed by atoms with Gasteiger partial charge in [-0.2, -0.15) is 0 Å². The number of aromatic nitrogens is 1. The van der Waals surface area contributed by atoms with E-state index in [1.54, 1.807) is 18.2 Å². The zero-order valence-electron chi connectivity index (χ0n) is 26.8. The van der Waals surface area contributed by atoms with E-state index in [2.05, 4.69) is 45.1 Å². The van der Waals surface area contributed by atoms with Crippen molar-refractivity contribution in [1.29, 1.82) is 0 Å². The molecule has 7 heteroatoms. The minimum atomic E-state index is -0.345. The van der Waals surface area contributed by atoms with Crippen LogP contribution in [0.25, 0.3) is 11.3 Å². The molecule has 0 radical (unpaired) electrons. The Balaban J connectivity index is 1.12. The molecule has 1 amide bonds. The van der Waals surface area contributed by atoms with Crippen molar-refractivity contribution in [2.45, 2.75) is 98.5 Å². The first-order chi connectivity index (χ1) is 20.8. The minimum Gasteiger partial charge on any atom is -0.393 e. The molecule has 1 aromatic heterocycles. The van der Waals surface area contributed by atoms with E-state index in [0.717, 1.165) is 63.4 Å². The van der Waals surface area contributed by atoms with Crippen LogP contribution < -0.4 is 5.32 Å². The number of aliphatic hydroxyl groups is 1. The van der Waals surface area contributed by atoms with Gasteiger partial charge in [-0.05, 0) is 128 Å². The fourth-order valence-electron chi connectivity index (χ4n) is 11.2. The molecular weight excluding hydrogens is 555 g/mol. The van der Waals surface area contributed by atoms with E-state index in [9.17, 15) is 19.1 Å². The first-order valence-corrected chi connectivity index (χ1v) is 16.8. The van der Waals surface area contributed by atoms with Gasteiger partial charge in [0.2, 0.25) is 11.8 Å². The molecule has 2 aromatic rings. The number of ketones is 1. The van der Waals surface area contributed by atoms with Crippen LogP contribution in [0.3, 0.4) is 0 Å². The number of anilines is 1. The second-order valence-electron chi connectivity index (χ2n) is 16.1. The zero-order chi connectivity index (χ0) is 31.2. The Bertz CT molecular complexity index is 1510. The molecule has 0 spiro atoms. The molecule has 5 aliphatic rings. The van der Waals surface area contributed by atoms with Crippen molar-refractivity contribution in [2.75, 3.05) is 5.32 Å². The molecule has 236 valence electrons. The normalized spacial score (nSPS) is 41.0. The van der Waals surface area contributed by atoms with E-state index in [1.165, 1.54) is 17.7 Å². The Hall–Kier alpha value is -2.80. The molecule has 7 unspecified atom stereocenters. The number of rotatable bonds is 3. The van der Waals surface area contributed by atoms with Crippen LogP contribution in [0.5, 0.6) is 0 Å². The third-order valence-corrected chi connectivity index (χ3v) is 14.2. The highest BCUT2D eigenvalue weighted by atomic mass is 19.1. The molecule has 0 saturated heterocycles. The molecule has 5 aliphatic carbocycles. The van der Waals surface area contributed by atoms with E-state index in [-0.39, 0.29) is 63.0 Å². The van der Waals surface area contributed by atoms with Gasteiger partial charge in [0.25, 0.3) is 0 Å². The summed E-state index contributed by atoms with van der Waals surface area (Å²) in [5.74, 6) is 1.09. The van der Waals surface area contributed by atoms with Crippen LogP contribution in [0.2, 0.25) is 0 Å². The summed E-state index contributed by atoms with van der Waals surface area (Å²) in [6, 6.07) is 7.70. The number of hydrogen-bond acceptors (Lipinski definition) is 5. The maximum atomic E-state index is 14.4. The van der Waals surface area contributed by atoms with Gasteiger partial charge in [0.1, 0.15) is 11.5 Å². The van der Waals surface area contributed by atoms with E-state index in [4.69, 9.17) is 4.52 Å². The number of nitrogens with one attached hydrogen (secondary N) is 1. The third-order valence-electron chi connectivity index (χ3n) is 14.2. The number of aliphatic hydroxyl groups excluding tert-OH is 1. The number of nitrogens with zero attached hydrogens (tertiary/aromatic N) is 1. The molecule has 7 rings (SSSR count). The monoisotopic (exact) mass is 602 g/mol. The molecule has 0 aliphatic heterocycles. The molecule has 1 aromatic carbocycles. The van der Waals surface area contributed by atoms with Crippen LogP contribution in [0, 0.1) is 57.1 Å². The zero-order valence-corrected chi connectivity index (χ0v) is 26.8. The predicted octanol–water partition coefficient (Wildman–Crippen LogP) is 7.98. The van der Waals surface area contributed by atoms with Crippen molar-refractivity contribution >= 4 is 17.6 Å². The van der Waals surface area contributed by atoms with Gasteiger partial charge in [0.15, 0.2) is 5.78 Å². The summed E-state index contributed by atoms with van der Waals surface area (Å²) >= 11 is 0. The first kappa shape index (κ1) is 29.9. The van der Waals surface area contributed by atoms with Gasteiger partial charge in [0, 0.05) is 23.5 Å². The summed E-state index contributed by atoms with van der Waals surface area (Å²) in [7, 11) is 0. The van der Waals surface area contributed by atoms with Crippen LogP contribution >= 0.6 is 0 Å². The van der Waals surface area contributed by atoms with E-state index in [1.807, 2.05) is 6.08 Å². The van der Waals surface area contributed by atoms with E-state index >= 15 is 0 Å². The van der Waals surface area contributed by atoms with Gasteiger partial charge in [0.05, 0.1) is 6.10 Å². The van der Waals surface area contributed by atoms with Crippen LogP contribution in [0.1, 0.15) is 92.4 Å². The highest BCUT2D eigenvalue weighted by Gasteiger charge is 2.70. The van der Waals surface area contributed by atoms with Crippen molar-refractivity contribution in [2.24, 2.45) is 51.2 Å². The summed E-state index contributed by atoms with van der Waals surface area (Å²) in [5, 5.41) is 18.1. The SMILES string of the molecule is CC1(C)C(O)CC[C@]2(C)C3C(=O)C=C4C5CC(C(=O)Nc6cc(-c7ccc(F)cc7)no6)CCC5CCC4[C@]3(C)CCC12C. The molecular formula is C37H47FN2O4. The van der Waals surface area contributed by atoms with Gasteiger partial charge in [-0.1, -0.05) is 45.3 Å². The van der Waals surface area contributed by atoms with Gasteiger partial charge in [-0.3, -0.25) is 14.9 Å². The summed E-state index contributed by atoms with van der Waals surface area (Å²) in [6.07, 6.45) is 10.2. The number of halogens is 1. The standard InChI is InChI=1S/C37H47FN2O4/c1-34(2)30(42)14-15-36(4)32-29(41)19-26-25-18-23(7-6-21(25)10-13-27(26)35(32,3)16-17-37(34,36)5)33(43)39-31-20-28(40-44-31)22-8-11-24(38)12-9-22/h8-9,11-12,19-21,23,25,27,30,32,42H,6-7,10,13-18H2,1-5H3,(H,39,43)/t21?,23?,25?,27?,30?,32?,35-,36+,37?/m0/s1. The lowest BCUT2D eigenvalue weighted by Gasteiger charge is -2.71. The highest BCUT2D eigenvalue weighted by Crippen LogP contribution is 2.74. The van der Waals surface area contributed by atoms with Crippen LogP contribution in [0.4, 0.5) is 10.3 Å². The number of carbonyl (C=O) groups excluding carboxylic acids is 2. The fourth-order valence-corrected chi connectivity index (χ4v) is 11.2. The molecule has 4 fully saturated rings. The van der Waals surface area contributed by atoms with Crippen molar-refractivity contribution in [1.82, 2.24) is 5.16 Å². The third kappa shape index (κ3) is 4.16. The molecule has 4 saturated carbocycles. The topological polar surface area (TPSA) is 92.4 Å². The Labute approximate surface area is 260 Å². The van der Waals surface area contributed by atoms with Crippen molar-refractivity contribution in [3.8, 4) is 11.3 Å². The molecule has 6 nitrogen and oxygen atoms in total. The van der Waals surface area contributed by atoms with Crippen LogP contribution in [0.15, 0.2) is 46.5 Å². The smallest absolute Gasteiger partial charge is 0.231 e. The number of allylic oxidation sites excluding steroid dienone is 2. The van der Waals surface area contributed by atoms with Gasteiger partial charge >= 0.3 is 0 Å². The Morgan fingerprint density at radius 3 is 2.48 bits per heavy atom. The highest BCUT2D eigenvalue weighted by molar-refractivity contribution is 5.95. The quantitative estimate of drug-likeness (QED) is 0.372. The summed E-state index contributed by atoms with van der Waals surface area (Å²) in [5.41, 5.74) is 1.92. The summed E-state index contributed by atoms with van der Waals surface area (Å²) in [6.45, 7) is 11.5. The molecule has 2 N–H and O–H groups in total. The number of fused-ring (bicyclic) bond motifs is 7. The molecule has 9 atom stereocenters. The van der Waals surface area contributed by atoms with Gasteiger partial charge < -0.3 is 9.63 Å². The molecule has 0 bridgehead atoms. The number of carbonyl (C=O) groups is 2. The summed E-state index contributed by atoms with van der Waals surface area (Å²) < 4.78 is 18.8. The second kappa shape index (κ2) is 10.1. The van der Waals surface area contributed by atoms with Crippen LogP contribution in [-0.2, 0) is 9.59 Å². The average Bonchev–Trinajstić information content (AvgIpc) is 3.45. The lowest BCUT2D eigenvalue weighted by molar-refractivity contribution is -0.232. The van der Waals surface area contributed by atoms with E-state index in [0.29, 0.717) is 23.4 Å². The van der Waals surface area contributed by atoms with Gasteiger partial charge in [-0.15, -0.1) is 0 Å². The largest absolute Gasteiger partial charge is 0.393 e. The first-order valence-electron chi connectivity index (χ1n) is 16.8. The Morgan fingerprint density at radius 2 is 1.73 bits per heavy atom. The second-order valence-corrected chi connectivity index (χ2v) is 16.1. The number of benzene rings is 1. The molecule has 44 heavy (non-hydrogen) atoms. The van der Waals surface area contributed by atoms with Gasteiger partial charge in [-0.25, -0.2) is 4.39 Å². The Morgan fingerprint density at radius 1 is 1.00 bits per heavy atom. The Kier molecular flexibility index (Phi) is 6.86. The lowest BCUT2D eigenvalue weighted by Crippen LogP contribution is -2.68. The minimum absolute atomic E-state index is 0.0460. The lowest BCUT2D eigenvalue weighted by atomic mass is 9.33. The van der Waals surface area contributed by atoms with Crippen molar-refractivity contribution < 1.29 is 23.6 Å². The van der Waals surface area contributed by atoms with Crippen molar-refractivity contribution in [3.05, 3.63) is 47.8 Å². The molecule has 1 heterocycles. The summed E-state index contributed by atoms with van der Waals surface area (Å²) in [4.78, 5) is 27.9. The van der Waals surface area contributed by atoms with E-state index < -0.39 is 0 Å². The fraction of sp³-hybridized carbons (Fsp3) is 0.649. The maximum absolute atomic E-state index is 14.4. The number of hydrogen-bond donors (Lipinski definition) is 2. The van der Waals surface area contributed by atoms with Crippen molar-refractivity contribution in [3.63, 3.8) is 0 Å². The average molecular weight is 603 g/mol.